The highest BCUT2D eigenvalue weighted by molar-refractivity contribution is 5.88. The number of hydrogen-bond donors (Lipinski definition) is 0. The van der Waals surface area contributed by atoms with Gasteiger partial charge in [-0.3, -0.25) is 0 Å². The second-order valence-corrected chi connectivity index (χ2v) is 3.62. The number of aromatic nitrogens is 5. The molecule has 0 saturated carbocycles. The minimum atomic E-state index is -0.537. The Morgan fingerprint density at radius 2 is 2.32 bits per heavy atom. The molecule has 0 atom stereocenters. The van der Waals surface area contributed by atoms with Crippen molar-refractivity contribution in [3.05, 3.63) is 23.6 Å². The molecule has 0 bridgehead atoms. The summed E-state index contributed by atoms with van der Waals surface area (Å²) in [5.41, 5.74) is 0.779. The highest BCUT2D eigenvalue weighted by atomic mass is 16.5. The molecule has 0 unspecified atom stereocenters. The van der Waals surface area contributed by atoms with E-state index in [1.807, 2.05) is 0 Å². The van der Waals surface area contributed by atoms with Gasteiger partial charge in [0.25, 0.3) is 0 Å². The van der Waals surface area contributed by atoms with Crippen LogP contribution < -0.4 is 0 Å². The lowest BCUT2D eigenvalue weighted by molar-refractivity contribution is 0.0592. The van der Waals surface area contributed by atoms with Crippen LogP contribution in [0.25, 0.3) is 0 Å². The summed E-state index contributed by atoms with van der Waals surface area (Å²) in [7, 11) is 2.87. The van der Waals surface area contributed by atoms with Gasteiger partial charge in [-0.25, -0.2) is 9.48 Å². The summed E-state index contributed by atoms with van der Waals surface area (Å²) in [6, 6.07) is 0. The summed E-state index contributed by atoms with van der Waals surface area (Å²) in [6.07, 6.45) is 1.70. The van der Waals surface area contributed by atoms with Gasteiger partial charge in [0.2, 0.25) is 6.39 Å². The van der Waals surface area contributed by atoms with Crippen LogP contribution in [0.3, 0.4) is 0 Å². The molecule has 2 aromatic heterocycles. The molecule has 9 heteroatoms. The van der Waals surface area contributed by atoms with E-state index in [1.165, 1.54) is 18.2 Å². The van der Waals surface area contributed by atoms with Crippen molar-refractivity contribution in [3.8, 4) is 0 Å². The van der Waals surface area contributed by atoms with E-state index in [0.717, 1.165) is 0 Å². The number of carbonyl (C=O) groups excluding carboxylic acids is 1. The average molecular weight is 267 g/mol. The Labute approximate surface area is 108 Å². The molecule has 102 valence electrons. The topological polar surface area (TPSA) is 105 Å². The lowest BCUT2D eigenvalue weighted by Gasteiger charge is -2.05. The van der Waals surface area contributed by atoms with Gasteiger partial charge in [-0.1, -0.05) is 10.4 Å². The van der Waals surface area contributed by atoms with Gasteiger partial charge in [0.15, 0.2) is 11.5 Å². The van der Waals surface area contributed by atoms with Crippen molar-refractivity contribution >= 4 is 5.97 Å². The Hall–Kier alpha value is -2.29. The van der Waals surface area contributed by atoms with Crippen LogP contribution in [0.4, 0.5) is 0 Å². The Bertz CT molecular complexity index is 536. The molecule has 0 aliphatic carbocycles. The van der Waals surface area contributed by atoms with E-state index >= 15 is 0 Å². The monoisotopic (exact) mass is 267 g/mol. The molecule has 9 nitrogen and oxygen atoms in total. The lowest BCUT2D eigenvalue weighted by Crippen LogP contribution is -2.13. The van der Waals surface area contributed by atoms with Crippen molar-refractivity contribution in [2.75, 3.05) is 20.8 Å². The van der Waals surface area contributed by atoms with Crippen LogP contribution in [0.1, 0.15) is 22.0 Å². The van der Waals surface area contributed by atoms with Gasteiger partial charge in [-0.15, -0.1) is 5.10 Å². The second kappa shape index (κ2) is 6.05. The van der Waals surface area contributed by atoms with E-state index in [0.29, 0.717) is 24.5 Å². The summed E-state index contributed by atoms with van der Waals surface area (Å²) in [6.45, 7) is 0.698. The Morgan fingerprint density at radius 1 is 1.47 bits per heavy atom. The molecule has 2 rings (SSSR count). The summed E-state index contributed by atoms with van der Waals surface area (Å²) in [5.74, 6) is -0.0922. The standard InChI is InChI=1S/C10H13N5O4/c1-17-4-3-7-9(10(16)18-2)12-14-15(7)5-8-11-6-19-13-8/h6H,3-5H2,1-2H3. The minimum Gasteiger partial charge on any atom is -0.464 e. The van der Waals surface area contributed by atoms with Gasteiger partial charge in [-0.05, 0) is 0 Å². The van der Waals surface area contributed by atoms with Crippen LogP contribution in [-0.2, 0) is 22.4 Å². The summed E-state index contributed by atoms with van der Waals surface area (Å²) in [5, 5.41) is 11.4. The molecule has 0 radical (unpaired) electrons. The zero-order chi connectivity index (χ0) is 13.7. The molecule has 0 aliphatic rings. The number of esters is 1. The first-order valence-electron chi connectivity index (χ1n) is 5.51. The summed E-state index contributed by atoms with van der Waals surface area (Å²) < 4.78 is 15.8. The molecular weight excluding hydrogens is 254 g/mol. The molecule has 2 heterocycles. The van der Waals surface area contributed by atoms with Gasteiger partial charge in [0.1, 0.15) is 6.54 Å². The van der Waals surface area contributed by atoms with E-state index in [9.17, 15) is 4.79 Å². The minimum absolute atomic E-state index is 0.169. The highest BCUT2D eigenvalue weighted by Gasteiger charge is 2.20. The molecular formula is C10H13N5O4. The third kappa shape index (κ3) is 2.94. The van der Waals surface area contributed by atoms with Gasteiger partial charge >= 0.3 is 5.97 Å². The molecule has 0 spiro atoms. The predicted octanol–water partition coefficient (Wildman–Crippen LogP) is -0.315. The number of nitrogens with zero attached hydrogens (tertiary/aromatic N) is 5. The maximum atomic E-state index is 11.6. The first-order chi connectivity index (χ1) is 9.26. The van der Waals surface area contributed by atoms with E-state index in [1.54, 1.807) is 7.11 Å². The van der Waals surface area contributed by atoms with Crippen molar-refractivity contribution in [2.45, 2.75) is 13.0 Å². The van der Waals surface area contributed by atoms with Crippen molar-refractivity contribution in [2.24, 2.45) is 0 Å². The van der Waals surface area contributed by atoms with Crippen molar-refractivity contribution in [1.82, 2.24) is 25.1 Å². The Balaban J connectivity index is 2.26. The molecule has 0 aliphatic heterocycles. The fraction of sp³-hybridized carbons (Fsp3) is 0.500. The fourth-order valence-electron chi connectivity index (χ4n) is 1.56. The number of ether oxygens (including phenoxy) is 2. The Kier molecular flexibility index (Phi) is 4.18. The van der Waals surface area contributed by atoms with Crippen LogP contribution in [0.5, 0.6) is 0 Å². The maximum Gasteiger partial charge on any atom is 0.360 e. The van der Waals surface area contributed by atoms with Crippen LogP contribution in [0.15, 0.2) is 10.9 Å². The first-order valence-corrected chi connectivity index (χ1v) is 5.51. The zero-order valence-corrected chi connectivity index (χ0v) is 10.6. The number of rotatable bonds is 6. The van der Waals surface area contributed by atoms with Gasteiger partial charge in [-0.2, -0.15) is 4.98 Å². The van der Waals surface area contributed by atoms with E-state index in [-0.39, 0.29) is 12.2 Å². The van der Waals surface area contributed by atoms with E-state index < -0.39 is 5.97 Å². The molecule has 2 aromatic rings. The third-order valence-electron chi connectivity index (χ3n) is 2.46. The normalized spacial score (nSPS) is 10.6. The van der Waals surface area contributed by atoms with Crippen LogP contribution >= 0.6 is 0 Å². The maximum absolute atomic E-state index is 11.6. The van der Waals surface area contributed by atoms with Crippen LogP contribution in [0, 0.1) is 0 Å². The predicted molar refractivity (Wildman–Crippen MR) is 60.3 cm³/mol. The van der Waals surface area contributed by atoms with Crippen molar-refractivity contribution < 1.29 is 18.8 Å². The molecule has 0 amide bonds. The smallest absolute Gasteiger partial charge is 0.360 e. The van der Waals surface area contributed by atoms with Crippen LogP contribution in [-0.4, -0.2) is 51.9 Å². The quantitative estimate of drug-likeness (QED) is 0.656. The molecule has 0 N–H and O–H groups in total. The van der Waals surface area contributed by atoms with Gasteiger partial charge < -0.3 is 14.0 Å². The van der Waals surface area contributed by atoms with E-state index in [2.05, 4.69) is 29.7 Å². The third-order valence-corrected chi connectivity index (χ3v) is 2.46. The van der Waals surface area contributed by atoms with Crippen molar-refractivity contribution in [1.29, 1.82) is 0 Å². The first kappa shape index (κ1) is 13.1. The van der Waals surface area contributed by atoms with Crippen LogP contribution in [0.2, 0.25) is 0 Å². The number of hydrogen-bond acceptors (Lipinski definition) is 8. The van der Waals surface area contributed by atoms with Gasteiger partial charge in [0, 0.05) is 13.5 Å². The number of methoxy groups -OCH3 is 2. The molecule has 0 fully saturated rings. The average Bonchev–Trinajstić information content (AvgIpc) is 3.06. The summed E-state index contributed by atoms with van der Waals surface area (Å²) in [4.78, 5) is 15.5. The SMILES string of the molecule is COCCc1c(C(=O)OC)nnn1Cc1ncon1. The second-order valence-electron chi connectivity index (χ2n) is 3.62. The van der Waals surface area contributed by atoms with Gasteiger partial charge in [0.05, 0.1) is 19.4 Å². The highest BCUT2D eigenvalue weighted by Crippen LogP contribution is 2.09. The molecule has 19 heavy (non-hydrogen) atoms. The summed E-state index contributed by atoms with van der Waals surface area (Å²) >= 11 is 0. The molecule has 0 aromatic carbocycles. The largest absolute Gasteiger partial charge is 0.464 e. The zero-order valence-electron chi connectivity index (χ0n) is 10.6. The Morgan fingerprint density at radius 3 is 2.95 bits per heavy atom. The van der Waals surface area contributed by atoms with E-state index in [4.69, 9.17) is 4.74 Å². The number of carbonyl (C=O) groups is 1. The fourth-order valence-corrected chi connectivity index (χ4v) is 1.56. The lowest BCUT2D eigenvalue weighted by atomic mass is 10.2. The molecule has 0 saturated heterocycles. The van der Waals surface area contributed by atoms with Crippen molar-refractivity contribution in [3.63, 3.8) is 0 Å².